The Hall–Kier alpha value is -2.18. The number of hydrogen-bond acceptors (Lipinski definition) is 5. The predicted molar refractivity (Wildman–Crippen MR) is 70.9 cm³/mol. The van der Waals surface area contributed by atoms with Crippen molar-refractivity contribution in [2.75, 3.05) is 0 Å². The molecule has 0 fully saturated rings. The van der Waals surface area contributed by atoms with E-state index in [2.05, 4.69) is 15.5 Å². The molecule has 1 unspecified atom stereocenters. The van der Waals surface area contributed by atoms with Crippen molar-refractivity contribution in [2.45, 2.75) is 39.7 Å². The van der Waals surface area contributed by atoms with Crippen LogP contribution in [0.1, 0.15) is 32.4 Å². The molecule has 2 rings (SSSR count). The molecule has 2 aromatic heterocycles. The molecule has 108 valence electrons. The molecular formula is C13H18N4O3. The van der Waals surface area contributed by atoms with E-state index < -0.39 is 5.97 Å². The maximum absolute atomic E-state index is 10.8. The Bertz CT molecular complexity index is 576. The van der Waals surface area contributed by atoms with Crippen LogP contribution < -0.4 is 0 Å². The Kier molecular flexibility index (Phi) is 4.49. The number of furan rings is 1. The molecule has 0 radical (unpaired) electrons. The topological polar surface area (TPSA) is 94.0 Å². The van der Waals surface area contributed by atoms with Crippen LogP contribution in [0.2, 0.25) is 0 Å². The van der Waals surface area contributed by atoms with E-state index in [9.17, 15) is 4.79 Å². The first-order chi connectivity index (χ1) is 9.65. The average Bonchev–Trinajstić information content (AvgIpc) is 3.04. The molecule has 0 saturated carbocycles. The first kappa shape index (κ1) is 14.2. The van der Waals surface area contributed by atoms with Gasteiger partial charge in [-0.2, -0.15) is 0 Å². The Morgan fingerprint density at radius 1 is 1.50 bits per heavy atom. The van der Waals surface area contributed by atoms with Crippen molar-refractivity contribution in [1.29, 1.82) is 0 Å². The second-order valence-electron chi connectivity index (χ2n) is 4.67. The summed E-state index contributed by atoms with van der Waals surface area (Å²) >= 11 is 0. The van der Waals surface area contributed by atoms with Crippen LogP contribution in [-0.4, -0.2) is 31.3 Å². The summed E-state index contributed by atoms with van der Waals surface area (Å²) < 4.78 is 7.04. The Morgan fingerprint density at radius 3 is 2.95 bits per heavy atom. The number of carboxylic acid groups (broad SMARTS) is 1. The van der Waals surface area contributed by atoms with Crippen LogP contribution in [0.5, 0.6) is 0 Å². The Balaban J connectivity index is 2.22. The lowest BCUT2D eigenvalue weighted by Crippen LogP contribution is -2.16. The van der Waals surface area contributed by atoms with Gasteiger partial charge in [-0.15, -0.1) is 5.10 Å². The molecule has 1 atom stereocenters. The van der Waals surface area contributed by atoms with Crippen molar-refractivity contribution in [3.8, 4) is 11.4 Å². The normalized spacial score (nSPS) is 12.5. The number of carboxylic acids is 1. The Morgan fingerprint density at radius 2 is 2.30 bits per heavy atom. The average molecular weight is 278 g/mol. The highest BCUT2D eigenvalue weighted by Crippen LogP contribution is 2.24. The highest BCUT2D eigenvalue weighted by molar-refractivity contribution is 5.67. The summed E-state index contributed by atoms with van der Waals surface area (Å²) in [6, 6.07) is 1.83. The minimum absolute atomic E-state index is 0.00623. The summed E-state index contributed by atoms with van der Waals surface area (Å²) in [6.45, 7) is 4.45. The molecule has 2 aromatic rings. The van der Waals surface area contributed by atoms with Gasteiger partial charge in [-0.1, -0.05) is 20.3 Å². The van der Waals surface area contributed by atoms with Gasteiger partial charge in [0.15, 0.2) is 5.82 Å². The van der Waals surface area contributed by atoms with Gasteiger partial charge in [-0.3, -0.25) is 4.79 Å². The van der Waals surface area contributed by atoms with Crippen molar-refractivity contribution in [3.05, 3.63) is 18.1 Å². The smallest absolute Gasteiger partial charge is 0.303 e. The summed E-state index contributed by atoms with van der Waals surface area (Å²) in [5.74, 6) is 0.655. The van der Waals surface area contributed by atoms with Crippen LogP contribution in [-0.2, 0) is 17.8 Å². The quantitative estimate of drug-likeness (QED) is 0.832. The molecule has 0 spiro atoms. The van der Waals surface area contributed by atoms with E-state index in [0.29, 0.717) is 12.4 Å². The van der Waals surface area contributed by atoms with Crippen LogP contribution in [0.15, 0.2) is 16.7 Å². The van der Waals surface area contributed by atoms with Crippen LogP contribution in [0.4, 0.5) is 0 Å². The molecule has 2 heterocycles. The van der Waals surface area contributed by atoms with Crippen LogP contribution in [0.25, 0.3) is 11.4 Å². The van der Waals surface area contributed by atoms with Crippen LogP contribution in [0, 0.1) is 5.92 Å². The van der Waals surface area contributed by atoms with Gasteiger partial charge in [0.1, 0.15) is 5.76 Å². The van der Waals surface area contributed by atoms with Gasteiger partial charge in [0, 0.05) is 19.4 Å². The monoisotopic (exact) mass is 278 g/mol. The Labute approximate surface area is 116 Å². The van der Waals surface area contributed by atoms with Crippen molar-refractivity contribution in [2.24, 2.45) is 5.92 Å². The lowest BCUT2D eigenvalue weighted by Gasteiger charge is -2.12. The fourth-order valence-electron chi connectivity index (χ4n) is 2.16. The summed E-state index contributed by atoms with van der Waals surface area (Å²) in [4.78, 5) is 10.8. The van der Waals surface area contributed by atoms with E-state index in [1.807, 2.05) is 19.9 Å². The van der Waals surface area contributed by atoms with Gasteiger partial charge < -0.3 is 9.52 Å². The molecular weight excluding hydrogens is 260 g/mol. The van der Waals surface area contributed by atoms with Gasteiger partial charge in [0.2, 0.25) is 0 Å². The van der Waals surface area contributed by atoms with Crippen molar-refractivity contribution in [3.63, 3.8) is 0 Å². The van der Waals surface area contributed by atoms with Gasteiger partial charge in [-0.25, -0.2) is 4.68 Å². The molecule has 0 aliphatic rings. The molecule has 0 aliphatic carbocycles. The number of carbonyl (C=O) groups is 1. The third-order valence-corrected chi connectivity index (χ3v) is 3.31. The minimum atomic E-state index is -0.802. The zero-order valence-electron chi connectivity index (χ0n) is 11.6. The molecule has 0 amide bonds. The third-order valence-electron chi connectivity index (χ3n) is 3.31. The third kappa shape index (κ3) is 3.04. The molecule has 0 aliphatic heterocycles. The molecule has 7 heteroatoms. The van der Waals surface area contributed by atoms with Crippen LogP contribution >= 0.6 is 0 Å². The SMILES string of the molecule is CCc1occc1-c1nnnn1CC(CC)CC(=O)O. The number of rotatable bonds is 7. The van der Waals surface area contributed by atoms with E-state index >= 15 is 0 Å². The maximum Gasteiger partial charge on any atom is 0.303 e. The highest BCUT2D eigenvalue weighted by Gasteiger charge is 2.19. The molecule has 0 aromatic carbocycles. The summed E-state index contributed by atoms with van der Waals surface area (Å²) in [5, 5.41) is 20.6. The summed E-state index contributed by atoms with van der Waals surface area (Å²) in [7, 11) is 0. The predicted octanol–water partition coefficient (Wildman–Crippen LogP) is 2.00. The summed E-state index contributed by atoms with van der Waals surface area (Å²) in [5.41, 5.74) is 0.864. The van der Waals surface area contributed by atoms with E-state index in [1.54, 1.807) is 10.9 Å². The van der Waals surface area contributed by atoms with Gasteiger partial charge in [0.25, 0.3) is 0 Å². The standard InChI is InChI=1S/C13H18N4O3/c1-3-9(7-12(18)19)8-17-13(14-15-16-17)10-5-6-20-11(10)4-2/h5-6,9H,3-4,7-8H2,1-2H3,(H,18,19). The molecule has 0 saturated heterocycles. The van der Waals surface area contributed by atoms with Crippen molar-refractivity contribution in [1.82, 2.24) is 20.2 Å². The van der Waals surface area contributed by atoms with Gasteiger partial charge >= 0.3 is 5.97 Å². The molecule has 7 nitrogen and oxygen atoms in total. The number of aromatic nitrogens is 4. The maximum atomic E-state index is 10.8. The van der Waals surface area contributed by atoms with Crippen molar-refractivity contribution < 1.29 is 14.3 Å². The first-order valence-corrected chi connectivity index (χ1v) is 6.70. The number of tetrazole rings is 1. The lowest BCUT2D eigenvalue weighted by molar-refractivity contribution is -0.138. The second-order valence-corrected chi connectivity index (χ2v) is 4.67. The number of nitrogens with zero attached hydrogens (tertiary/aromatic N) is 4. The number of hydrogen-bond donors (Lipinski definition) is 1. The fraction of sp³-hybridized carbons (Fsp3) is 0.538. The summed E-state index contributed by atoms with van der Waals surface area (Å²) in [6.07, 6.45) is 3.24. The van der Waals surface area contributed by atoms with Crippen molar-refractivity contribution >= 4 is 5.97 Å². The second kappa shape index (κ2) is 6.31. The highest BCUT2D eigenvalue weighted by atomic mass is 16.4. The van der Waals surface area contributed by atoms with Gasteiger partial charge in [-0.05, 0) is 22.4 Å². The zero-order valence-corrected chi connectivity index (χ0v) is 11.6. The number of aliphatic carboxylic acids is 1. The fourth-order valence-corrected chi connectivity index (χ4v) is 2.16. The van der Waals surface area contributed by atoms with E-state index in [4.69, 9.17) is 9.52 Å². The largest absolute Gasteiger partial charge is 0.481 e. The van der Waals surface area contributed by atoms with Crippen LogP contribution in [0.3, 0.4) is 0 Å². The van der Waals surface area contributed by atoms with Gasteiger partial charge in [0.05, 0.1) is 11.8 Å². The number of aryl methyl sites for hydroxylation is 1. The lowest BCUT2D eigenvalue weighted by atomic mass is 10.0. The minimum Gasteiger partial charge on any atom is -0.481 e. The molecule has 0 bridgehead atoms. The van der Waals surface area contributed by atoms with E-state index in [0.717, 1.165) is 24.2 Å². The molecule has 20 heavy (non-hydrogen) atoms. The molecule has 1 N–H and O–H groups in total. The first-order valence-electron chi connectivity index (χ1n) is 6.70. The van der Waals surface area contributed by atoms with E-state index in [-0.39, 0.29) is 12.3 Å². The zero-order chi connectivity index (χ0) is 14.5. The van der Waals surface area contributed by atoms with E-state index in [1.165, 1.54) is 0 Å².